The number of halogens is 1. The zero-order valence-corrected chi connectivity index (χ0v) is 8.76. The summed E-state index contributed by atoms with van der Waals surface area (Å²) < 4.78 is 0. The number of aromatic amines is 1. The van der Waals surface area contributed by atoms with Gasteiger partial charge in [0.1, 0.15) is 5.82 Å². The van der Waals surface area contributed by atoms with Gasteiger partial charge in [0.2, 0.25) is 0 Å². The summed E-state index contributed by atoms with van der Waals surface area (Å²) in [7, 11) is 0. The molecule has 1 heterocycles. The second-order valence-corrected chi connectivity index (χ2v) is 3.76. The summed E-state index contributed by atoms with van der Waals surface area (Å²) in [6, 6.07) is 3.63. The Labute approximate surface area is 86.7 Å². The number of aliphatic hydroxyl groups excluding tert-OH is 1. The van der Waals surface area contributed by atoms with E-state index in [-0.39, 0.29) is 0 Å². The van der Waals surface area contributed by atoms with Crippen molar-refractivity contribution in [2.75, 3.05) is 0 Å². The van der Waals surface area contributed by atoms with Crippen molar-refractivity contribution in [1.82, 2.24) is 9.97 Å². The number of rotatable bonds is 1. The molecule has 0 spiro atoms. The predicted octanol–water partition coefficient (Wildman–Crippen LogP) is 2.58. The molecule has 0 aliphatic rings. The number of aliphatic hydroxyl groups is 1. The van der Waals surface area contributed by atoms with E-state index < -0.39 is 6.10 Å². The number of aryl methyl sites for hydroxylation is 1. The second kappa shape index (κ2) is 3.26. The standard InChI is InChI=1S/C10H11ClN2O/c1-5(14)9-7(11)3-4-8-10(9)13-6(2)12-8/h3-5,14H,1-2H3,(H,12,13). The zero-order valence-electron chi connectivity index (χ0n) is 8.00. The summed E-state index contributed by atoms with van der Waals surface area (Å²) in [6.45, 7) is 3.56. The molecule has 0 bridgehead atoms. The fourth-order valence-electron chi connectivity index (χ4n) is 1.59. The Bertz CT molecular complexity index is 476. The van der Waals surface area contributed by atoms with Gasteiger partial charge in [0.15, 0.2) is 0 Å². The van der Waals surface area contributed by atoms with E-state index in [0.29, 0.717) is 10.6 Å². The van der Waals surface area contributed by atoms with E-state index in [1.54, 1.807) is 13.0 Å². The van der Waals surface area contributed by atoms with E-state index in [9.17, 15) is 5.11 Å². The van der Waals surface area contributed by atoms with Crippen LogP contribution in [0.15, 0.2) is 12.1 Å². The second-order valence-electron chi connectivity index (χ2n) is 3.36. The molecule has 1 unspecified atom stereocenters. The molecule has 4 heteroatoms. The Morgan fingerprint density at radius 1 is 1.50 bits per heavy atom. The summed E-state index contributed by atoms with van der Waals surface area (Å²) in [5.41, 5.74) is 2.35. The molecule has 0 aliphatic heterocycles. The Morgan fingerprint density at radius 2 is 2.21 bits per heavy atom. The molecular weight excluding hydrogens is 200 g/mol. The summed E-state index contributed by atoms with van der Waals surface area (Å²) in [4.78, 5) is 7.40. The minimum atomic E-state index is -0.603. The first-order valence-corrected chi connectivity index (χ1v) is 4.80. The summed E-state index contributed by atoms with van der Waals surface area (Å²) in [5.74, 6) is 0.823. The van der Waals surface area contributed by atoms with E-state index in [1.165, 1.54) is 0 Å². The molecule has 3 nitrogen and oxygen atoms in total. The van der Waals surface area contributed by atoms with Crippen LogP contribution in [0.3, 0.4) is 0 Å². The molecule has 14 heavy (non-hydrogen) atoms. The zero-order chi connectivity index (χ0) is 10.3. The van der Waals surface area contributed by atoms with Gasteiger partial charge in [-0.15, -0.1) is 0 Å². The van der Waals surface area contributed by atoms with Crippen LogP contribution in [-0.4, -0.2) is 15.1 Å². The van der Waals surface area contributed by atoms with Crippen LogP contribution in [0.4, 0.5) is 0 Å². The average Bonchev–Trinajstić information content (AvgIpc) is 2.43. The van der Waals surface area contributed by atoms with Crippen molar-refractivity contribution >= 4 is 22.6 Å². The molecule has 0 saturated carbocycles. The number of fused-ring (bicyclic) bond motifs is 1. The number of nitrogens with one attached hydrogen (secondary N) is 1. The van der Waals surface area contributed by atoms with Gasteiger partial charge >= 0.3 is 0 Å². The molecule has 0 aliphatic carbocycles. The molecule has 1 aromatic heterocycles. The minimum absolute atomic E-state index is 0.555. The van der Waals surface area contributed by atoms with Crippen molar-refractivity contribution in [3.63, 3.8) is 0 Å². The largest absolute Gasteiger partial charge is 0.389 e. The average molecular weight is 211 g/mol. The topological polar surface area (TPSA) is 48.9 Å². The van der Waals surface area contributed by atoms with Gasteiger partial charge in [-0.3, -0.25) is 0 Å². The van der Waals surface area contributed by atoms with Crippen LogP contribution in [-0.2, 0) is 0 Å². The summed E-state index contributed by atoms with van der Waals surface area (Å²) >= 11 is 5.99. The molecule has 74 valence electrons. The third kappa shape index (κ3) is 1.38. The lowest BCUT2D eigenvalue weighted by molar-refractivity contribution is 0.201. The van der Waals surface area contributed by atoms with Crippen molar-refractivity contribution in [3.8, 4) is 0 Å². The van der Waals surface area contributed by atoms with Gasteiger partial charge < -0.3 is 10.1 Å². The van der Waals surface area contributed by atoms with Crippen LogP contribution in [0.5, 0.6) is 0 Å². The van der Waals surface area contributed by atoms with Crippen LogP contribution in [0.2, 0.25) is 5.02 Å². The molecule has 0 radical (unpaired) electrons. The molecule has 2 N–H and O–H groups in total. The number of hydrogen-bond acceptors (Lipinski definition) is 2. The van der Waals surface area contributed by atoms with E-state index >= 15 is 0 Å². The van der Waals surface area contributed by atoms with Crippen LogP contribution in [0.1, 0.15) is 24.4 Å². The van der Waals surface area contributed by atoms with E-state index in [1.807, 2.05) is 13.0 Å². The number of nitrogens with zero attached hydrogens (tertiary/aromatic N) is 1. The molecule has 2 rings (SSSR count). The van der Waals surface area contributed by atoms with Crippen LogP contribution in [0, 0.1) is 6.92 Å². The van der Waals surface area contributed by atoms with Gasteiger partial charge in [-0.05, 0) is 26.0 Å². The lowest BCUT2D eigenvalue weighted by atomic mass is 10.1. The summed E-state index contributed by atoms with van der Waals surface area (Å²) in [5, 5.41) is 10.1. The Hall–Kier alpha value is -1.06. The lowest BCUT2D eigenvalue weighted by Gasteiger charge is -2.07. The highest BCUT2D eigenvalue weighted by Gasteiger charge is 2.13. The van der Waals surface area contributed by atoms with Crippen molar-refractivity contribution < 1.29 is 5.11 Å². The maximum Gasteiger partial charge on any atom is 0.104 e. The molecular formula is C10H11ClN2O. The normalized spacial score (nSPS) is 13.4. The number of aromatic nitrogens is 2. The number of imidazole rings is 1. The van der Waals surface area contributed by atoms with Crippen LogP contribution < -0.4 is 0 Å². The third-order valence-electron chi connectivity index (χ3n) is 2.18. The Morgan fingerprint density at radius 3 is 2.86 bits per heavy atom. The number of H-pyrrole nitrogens is 1. The predicted molar refractivity (Wildman–Crippen MR) is 56.5 cm³/mol. The molecule has 0 fully saturated rings. The van der Waals surface area contributed by atoms with Gasteiger partial charge in [-0.1, -0.05) is 11.6 Å². The van der Waals surface area contributed by atoms with Crippen molar-refractivity contribution in [2.45, 2.75) is 20.0 Å². The quantitative estimate of drug-likeness (QED) is 0.760. The first kappa shape index (κ1) is 9.49. The van der Waals surface area contributed by atoms with Gasteiger partial charge in [-0.25, -0.2) is 4.98 Å². The fourth-order valence-corrected chi connectivity index (χ4v) is 1.90. The SMILES string of the molecule is Cc1nc2c(C(C)O)c(Cl)ccc2[nH]1. The fraction of sp³-hybridized carbons (Fsp3) is 0.300. The highest BCUT2D eigenvalue weighted by Crippen LogP contribution is 2.29. The number of hydrogen-bond donors (Lipinski definition) is 2. The number of benzene rings is 1. The van der Waals surface area contributed by atoms with Gasteiger partial charge in [-0.2, -0.15) is 0 Å². The Kier molecular flexibility index (Phi) is 2.21. The van der Waals surface area contributed by atoms with Crippen LogP contribution in [0.25, 0.3) is 11.0 Å². The van der Waals surface area contributed by atoms with Gasteiger partial charge in [0.25, 0.3) is 0 Å². The van der Waals surface area contributed by atoms with Crippen molar-refractivity contribution in [1.29, 1.82) is 0 Å². The molecule has 1 atom stereocenters. The maximum absolute atomic E-state index is 9.57. The highest BCUT2D eigenvalue weighted by atomic mass is 35.5. The van der Waals surface area contributed by atoms with Gasteiger partial charge in [0, 0.05) is 10.6 Å². The lowest BCUT2D eigenvalue weighted by Crippen LogP contribution is -1.93. The van der Waals surface area contributed by atoms with Crippen molar-refractivity contribution in [2.24, 2.45) is 0 Å². The van der Waals surface area contributed by atoms with Crippen molar-refractivity contribution in [3.05, 3.63) is 28.5 Å². The smallest absolute Gasteiger partial charge is 0.104 e. The minimum Gasteiger partial charge on any atom is -0.389 e. The van der Waals surface area contributed by atoms with E-state index in [0.717, 1.165) is 16.9 Å². The van der Waals surface area contributed by atoms with Crippen LogP contribution >= 0.6 is 11.6 Å². The molecule has 0 saturated heterocycles. The Balaban J connectivity index is 2.82. The molecule has 2 aromatic rings. The third-order valence-corrected chi connectivity index (χ3v) is 2.51. The first-order valence-electron chi connectivity index (χ1n) is 4.42. The monoisotopic (exact) mass is 210 g/mol. The summed E-state index contributed by atoms with van der Waals surface area (Å²) in [6.07, 6.45) is -0.603. The maximum atomic E-state index is 9.57. The molecule has 0 amide bonds. The van der Waals surface area contributed by atoms with E-state index in [4.69, 9.17) is 11.6 Å². The van der Waals surface area contributed by atoms with Gasteiger partial charge in [0.05, 0.1) is 17.1 Å². The first-order chi connectivity index (χ1) is 6.59. The highest BCUT2D eigenvalue weighted by molar-refractivity contribution is 6.32. The molecule has 1 aromatic carbocycles. The van der Waals surface area contributed by atoms with E-state index in [2.05, 4.69) is 9.97 Å².